The van der Waals surface area contributed by atoms with E-state index in [-0.39, 0.29) is 78.1 Å². The van der Waals surface area contributed by atoms with Crippen LogP contribution in [0.1, 0.15) is 53.4 Å². The second-order valence-corrected chi connectivity index (χ2v) is 5.77. The maximum absolute atomic E-state index is 11.7. The summed E-state index contributed by atoms with van der Waals surface area (Å²) in [6.45, 7) is 7.07. The molecule has 0 bridgehead atoms. The van der Waals surface area contributed by atoms with Gasteiger partial charge >= 0.3 is 71.1 Å². The van der Waals surface area contributed by atoms with Crippen molar-refractivity contribution >= 4 is 77.0 Å². The zero-order valence-corrected chi connectivity index (χ0v) is 14.9. The third-order valence-electron chi connectivity index (χ3n) is 3.77. The van der Waals surface area contributed by atoms with Crippen molar-refractivity contribution < 1.29 is 29.3 Å². The molecule has 0 fully saturated rings. The zero-order valence-electron chi connectivity index (χ0n) is 14.9. The van der Waals surface area contributed by atoms with Gasteiger partial charge in [0.25, 0.3) is 0 Å². The van der Waals surface area contributed by atoms with Crippen LogP contribution in [-0.4, -0.2) is 124 Å². The minimum absolute atomic E-state index is 0. The molecule has 10 heteroatoms. The van der Waals surface area contributed by atoms with Crippen molar-refractivity contribution in [2.75, 3.05) is 13.1 Å². The normalized spacial score (nSPS) is 13.7. The Morgan fingerprint density at radius 3 is 2.08 bits per heavy atom. The number of hydrogen-bond donors (Lipinski definition) is 3. The standard InChI is InChI=1S/C16H30N2O6.2Na.2H/c1-5-6-7-8-14(19)17-9-10-18(11(2)15(20)21)13(4)24-12(3)16(22)23;;;;/h11-13H,5-10H2,1-4H3,(H,17,19)(H,20,21)(H,22,23);;;;. The van der Waals surface area contributed by atoms with Crippen LogP contribution >= 0.6 is 0 Å². The van der Waals surface area contributed by atoms with Crippen LogP contribution in [0.25, 0.3) is 0 Å². The molecule has 0 aliphatic rings. The van der Waals surface area contributed by atoms with Crippen LogP contribution in [0.2, 0.25) is 0 Å². The van der Waals surface area contributed by atoms with Crippen molar-refractivity contribution in [1.82, 2.24) is 10.2 Å². The van der Waals surface area contributed by atoms with E-state index in [4.69, 9.17) is 9.84 Å². The van der Waals surface area contributed by atoms with Crippen LogP contribution in [0.5, 0.6) is 0 Å². The van der Waals surface area contributed by atoms with Crippen molar-refractivity contribution in [3.8, 4) is 0 Å². The number of nitrogens with zero attached hydrogens (tertiary/aromatic N) is 1. The van der Waals surface area contributed by atoms with Gasteiger partial charge < -0.3 is 20.3 Å². The van der Waals surface area contributed by atoms with E-state index in [9.17, 15) is 19.5 Å². The number of aliphatic carboxylic acids is 2. The van der Waals surface area contributed by atoms with E-state index in [1.807, 2.05) is 0 Å². The number of unbranched alkanes of at least 4 members (excludes halogenated alkanes) is 2. The summed E-state index contributed by atoms with van der Waals surface area (Å²) in [5.41, 5.74) is 0. The quantitative estimate of drug-likeness (QED) is 0.229. The van der Waals surface area contributed by atoms with Crippen molar-refractivity contribution in [1.29, 1.82) is 0 Å². The van der Waals surface area contributed by atoms with E-state index in [2.05, 4.69) is 12.2 Å². The fourth-order valence-electron chi connectivity index (χ4n) is 2.21. The van der Waals surface area contributed by atoms with Crippen LogP contribution in [0.4, 0.5) is 0 Å². The van der Waals surface area contributed by atoms with Gasteiger partial charge in [0, 0.05) is 19.5 Å². The molecule has 0 aromatic rings. The average molecular weight is 394 g/mol. The first-order valence-corrected chi connectivity index (χ1v) is 8.34. The van der Waals surface area contributed by atoms with Crippen LogP contribution < -0.4 is 5.32 Å². The van der Waals surface area contributed by atoms with E-state index < -0.39 is 30.3 Å². The Balaban J connectivity index is -0.00000264. The SMILES string of the molecule is CCCCCC(=O)NCCN(C(C)OC(C)C(=O)O)C(C)C(=O)O.[NaH].[NaH]. The summed E-state index contributed by atoms with van der Waals surface area (Å²) in [6, 6.07) is -0.863. The number of carbonyl (C=O) groups excluding carboxylic acids is 1. The molecular formula is C16H32N2Na2O6. The summed E-state index contributed by atoms with van der Waals surface area (Å²) >= 11 is 0. The number of carbonyl (C=O) groups is 3. The topological polar surface area (TPSA) is 116 Å². The van der Waals surface area contributed by atoms with Gasteiger partial charge in [0.1, 0.15) is 12.3 Å². The van der Waals surface area contributed by atoms with E-state index in [0.29, 0.717) is 6.42 Å². The Kier molecular flexibility index (Phi) is 20.8. The Morgan fingerprint density at radius 1 is 1.04 bits per heavy atom. The zero-order chi connectivity index (χ0) is 18.7. The number of rotatable bonds is 13. The first-order valence-electron chi connectivity index (χ1n) is 8.34. The van der Waals surface area contributed by atoms with E-state index >= 15 is 0 Å². The summed E-state index contributed by atoms with van der Waals surface area (Å²) in [4.78, 5) is 35.3. The average Bonchev–Trinajstić information content (AvgIpc) is 2.50. The van der Waals surface area contributed by atoms with Gasteiger partial charge in [0.2, 0.25) is 5.91 Å². The van der Waals surface area contributed by atoms with Crippen molar-refractivity contribution in [2.24, 2.45) is 0 Å². The van der Waals surface area contributed by atoms with Crippen LogP contribution in [0.15, 0.2) is 0 Å². The summed E-state index contributed by atoms with van der Waals surface area (Å²) in [5, 5.41) is 20.8. The minimum atomic E-state index is -1.12. The molecule has 26 heavy (non-hydrogen) atoms. The number of ether oxygens (including phenoxy) is 1. The molecule has 3 unspecified atom stereocenters. The number of amides is 1. The molecule has 3 atom stereocenters. The number of carboxylic acid groups (broad SMARTS) is 2. The second kappa shape index (κ2) is 17.4. The van der Waals surface area contributed by atoms with Crippen molar-refractivity contribution in [3.05, 3.63) is 0 Å². The molecule has 0 saturated carbocycles. The number of hydrogen-bond acceptors (Lipinski definition) is 5. The van der Waals surface area contributed by atoms with Crippen LogP contribution in [0.3, 0.4) is 0 Å². The predicted molar refractivity (Wildman–Crippen MR) is 103 cm³/mol. The molecule has 0 rings (SSSR count). The second-order valence-electron chi connectivity index (χ2n) is 5.77. The van der Waals surface area contributed by atoms with Crippen molar-refractivity contribution in [3.63, 3.8) is 0 Å². The van der Waals surface area contributed by atoms with Gasteiger partial charge in [-0.25, -0.2) is 4.79 Å². The molecule has 0 aromatic carbocycles. The molecule has 0 spiro atoms. The van der Waals surface area contributed by atoms with Crippen LogP contribution in [-0.2, 0) is 19.1 Å². The van der Waals surface area contributed by atoms with E-state index in [1.165, 1.54) is 18.7 Å². The van der Waals surface area contributed by atoms with E-state index in [1.54, 1.807) is 6.92 Å². The predicted octanol–water partition coefficient (Wildman–Crippen LogP) is -0.00330. The Labute approximate surface area is 200 Å². The number of nitrogens with one attached hydrogen (secondary N) is 1. The fourth-order valence-corrected chi connectivity index (χ4v) is 2.21. The molecule has 0 heterocycles. The Bertz CT molecular complexity index is 426. The van der Waals surface area contributed by atoms with Crippen LogP contribution in [0, 0.1) is 0 Å². The molecular weight excluding hydrogens is 362 g/mol. The third kappa shape index (κ3) is 13.5. The van der Waals surface area contributed by atoms with Gasteiger partial charge in [-0.05, 0) is 27.2 Å². The first kappa shape index (κ1) is 31.0. The first-order chi connectivity index (χ1) is 11.2. The van der Waals surface area contributed by atoms with Gasteiger partial charge in [0.05, 0.1) is 0 Å². The fraction of sp³-hybridized carbons (Fsp3) is 0.812. The van der Waals surface area contributed by atoms with Gasteiger partial charge in [-0.2, -0.15) is 0 Å². The maximum atomic E-state index is 11.7. The summed E-state index contributed by atoms with van der Waals surface area (Å²) in [6.07, 6.45) is 1.55. The van der Waals surface area contributed by atoms with E-state index in [0.717, 1.165) is 19.3 Å². The van der Waals surface area contributed by atoms with Gasteiger partial charge in [-0.15, -0.1) is 0 Å². The van der Waals surface area contributed by atoms with Crippen molar-refractivity contribution in [2.45, 2.75) is 71.8 Å². The molecule has 0 saturated heterocycles. The molecule has 1 amide bonds. The molecule has 0 aliphatic heterocycles. The Hall–Kier alpha value is 0.330. The molecule has 0 radical (unpaired) electrons. The van der Waals surface area contributed by atoms with Gasteiger partial charge in [-0.3, -0.25) is 14.5 Å². The Morgan fingerprint density at radius 2 is 1.62 bits per heavy atom. The molecule has 8 nitrogen and oxygen atoms in total. The molecule has 3 N–H and O–H groups in total. The summed E-state index contributed by atoms with van der Waals surface area (Å²) < 4.78 is 5.33. The van der Waals surface area contributed by atoms with Gasteiger partial charge in [0.15, 0.2) is 6.10 Å². The molecule has 0 aromatic heterocycles. The van der Waals surface area contributed by atoms with Gasteiger partial charge in [-0.1, -0.05) is 19.8 Å². The molecule has 144 valence electrons. The monoisotopic (exact) mass is 394 g/mol. The third-order valence-corrected chi connectivity index (χ3v) is 3.77. The summed E-state index contributed by atoms with van der Waals surface area (Å²) in [7, 11) is 0. The summed E-state index contributed by atoms with van der Waals surface area (Å²) in [5.74, 6) is -2.23. The number of carboxylic acids is 2. The molecule has 0 aliphatic carbocycles.